The number of ketones is 1. The van der Waals surface area contributed by atoms with E-state index in [1.54, 1.807) is 17.5 Å². The Balaban J connectivity index is 1.70. The van der Waals surface area contributed by atoms with Gasteiger partial charge in [-0.1, -0.05) is 23.4 Å². The highest BCUT2D eigenvalue weighted by Crippen LogP contribution is 2.24. The van der Waals surface area contributed by atoms with Gasteiger partial charge in [0.25, 0.3) is 0 Å². The number of nitrogens with zero attached hydrogens (tertiary/aromatic N) is 3. The molecule has 7 heteroatoms. The van der Waals surface area contributed by atoms with Crippen LogP contribution < -0.4 is 0 Å². The van der Waals surface area contributed by atoms with E-state index >= 15 is 0 Å². The highest BCUT2D eigenvalue weighted by atomic mass is 35.5. The molecule has 0 amide bonds. The molecule has 0 aliphatic carbocycles. The molecule has 126 valence electrons. The van der Waals surface area contributed by atoms with Crippen molar-refractivity contribution >= 4 is 29.1 Å². The summed E-state index contributed by atoms with van der Waals surface area (Å²) in [6.07, 6.45) is 1.43. The number of aromatic nitrogens is 3. The van der Waals surface area contributed by atoms with Gasteiger partial charge in [0.15, 0.2) is 16.8 Å². The van der Waals surface area contributed by atoms with E-state index in [2.05, 4.69) is 10.2 Å². The summed E-state index contributed by atoms with van der Waals surface area (Å²) in [7, 11) is 1.85. The van der Waals surface area contributed by atoms with Crippen LogP contribution in [0.2, 0.25) is 5.02 Å². The lowest BCUT2D eigenvalue weighted by Crippen LogP contribution is -1.95. The van der Waals surface area contributed by atoms with Gasteiger partial charge in [0, 0.05) is 23.2 Å². The zero-order valence-electron chi connectivity index (χ0n) is 13.2. The molecule has 25 heavy (non-hydrogen) atoms. The van der Waals surface area contributed by atoms with E-state index in [9.17, 15) is 9.18 Å². The molecule has 0 radical (unpaired) electrons. The van der Waals surface area contributed by atoms with Gasteiger partial charge in [0.1, 0.15) is 5.82 Å². The van der Waals surface area contributed by atoms with Gasteiger partial charge in [-0.05, 0) is 60.0 Å². The lowest BCUT2D eigenvalue weighted by Gasteiger charge is -2.02. The Morgan fingerprint density at radius 3 is 2.48 bits per heavy atom. The second-order valence-electron chi connectivity index (χ2n) is 5.16. The minimum atomic E-state index is -0.372. The largest absolute Gasteiger partial charge is 0.305 e. The number of halogens is 2. The van der Waals surface area contributed by atoms with E-state index in [1.165, 1.54) is 42.1 Å². The highest BCUT2D eigenvalue weighted by molar-refractivity contribution is 8.02. The minimum Gasteiger partial charge on any atom is -0.305 e. The fourth-order valence-corrected chi connectivity index (χ4v) is 2.91. The molecule has 0 unspecified atom stereocenters. The van der Waals surface area contributed by atoms with Gasteiger partial charge in [-0.2, -0.15) is 0 Å². The Bertz CT molecular complexity index is 920. The predicted molar refractivity (Wildman–Crippen MR) is 97.2 cm³/mol. The van der Waals surface area contributed by atoms with Crippen LogP contribution in [-0.4, -0.2) is 20.5 Å². The molecule has 0 saturated heterocycles. The molecule has 0 bridgehead atoms. The predicted octanol–water partition coefficient (Wildman–Crippen LogP) is 4.76. The van der Waals surface area contributed by atoms with Crippen molar-refractivity contribution in [2.24, 2.45) is 7.05 Å². The van der Waals surface area contributed by atoms with Crippen LogP contribution in [0.5, 0.6) is 0 Å². The van der Waals surface area contributed by atoms with E-state index in [0.29, 0.717) is 21.6 Å². The van der Waals surface area contributed by atoms with Crippen molar-refractivity contribution in [2.45, 2.75) is 5.16 Å². The lowest BCUT2D eigenvalue weighted by atomic mass is 10.1. The third-order valence-corrected chi connectivity index (χ3v) is 4.55. The summed E-state index contributed by atoms with van der Waals surface area (Å²) < 4.78 is 14.7. The SMILES string of the molecule is Cn1c(S/C=C/C(=O)c2ccc(F)cc2)nnc1-c1ccc(Cl)cc1. The Hall–Kier alpha value is -2.44. The molecular formula is C18H13ClFN3OS. The quantitative estimate of drug-likeness (QED) is 0.367. The van der Waals surface area contributed by atoms with Gasteiger partial charge in [0.2, 0.25) is 0 Å². The fourth-order valence-electron chi connectivity index (χ4n) is 2.13. The monoisotopic (exact) mass is 373 g/mol. The van der Waals surface area contributed by atoms with Crippen molar-refractivity contribution in [3.8, 4) is 11.4 Å². The van der Waals surface area contributed by atoms with Crippen molar-refractivity contribution in [3.05, 3.63) is 76.4 Å². The topological polar surface area (TPSA) is 47.8 Å². The molecule has 4 nitrogen and oxygen atoms in total. The van der Waals surface area contributed by atoms with Crippen LogP contribution in [0.15, 0.2) is 65.2 Å². The maximum atomic E-state index is 12.9. The first kappa shape index (κ1) is 17.4. The smallest absolute Gasteiger partial charge is 0.195 e. The van der Waals surface area contributed by atoms with Crippen molar-refractivity contribution in [1.29, 1.82) is 0 Å². The van der Waals surface area contributed by atoms with Crippen molar-refractivity contribution in [2.75, 3.05) is 0 Å². The summed E-state index contributed by atoms with van der Waals surface area (Å²) >= 11 is 7.17. The minimum absolute atomic E-state index is 0.201. The van der Waals surface area contributed by atoms with Crippen LogP contribution in [0.25, 0.3) is 11.4 Å². The van der Waals surface area contributed by atoms with E-state index in [1.807, 2.05) is 23.7 Å². The first-order chi connectivity index (χ1) is 12.0. The van der Waals surface area contributed by atoms with Gasteiger partial charge >= 0.3 is 0 Å². The Kier molecular flexibility index (Phi) is 5.31. The molecule has 0 aliphatic heterocycles. The summed E-state index contributed by atoms with van der Waals surface area (Å²) in [5.41, 5.74) is 1.33. The van der Waals surface area contributed by atoms with Crippen LogP contribution >= 0.6 is 23.4 Å². The lowest BCUT2D eigenvalue weighted by molar-refractivity contribution is 0.104. The number of allylic oxidation sites excluding steroid dienone is 1. The molecule has 0 fully saturated rings. The number of hydrogen-bond donors (Lipinski definition) is 0. The standard InChI is InChI=1S/C18H13ClFN3OS/c1-23-17(13-2-6-14(19)7-3-13)21-22-18(23)25-11-10-16(24)12-4-8-15(20)9-5-12/h2-11H,1H3/b11-10+. The average molecular weight is 374 g/mol. The molecule has 2 aromatic carbocycles. The fraction of sp³-hybridized carbons (Fsp3) is 0.0556. The van der Waals surface area contributed by atoms with E-state index in [0.717, 1.165) is 5.56 Å². The molecule has 1 aromatic heterocycles. The number of benzene rings is 2. The molecule has 1 heterocycles. The maximum Gasteiger partial charge on any atom is 0.195 e. The number of carbonyl (C=O) groups excluding carboxylic acids is 1. The summed E-state index contributed by atoms with van der Waals surface area (Å²) in [6, 6.07) is 12.7. The van der Waals surface area contributed by atoms with Crippen LogP contribution in [-0.2, 0) is 7.05 Å². The Morgan fingerprint density at radius 2 is 1.80 bits per heavy atom. The van der Waals surface area contributed by atoms with E-state index < -0.39 is 0 Å². The van der Waals surface area contributed by atoms with E-state index in [4.69, 9.17) is 11.6 Å². The molecule has 0 atom stereocenters. The van der Waals surface area contributed by atoms with Gasteiger partial charge in [0.05, 0.1) is 0 Å². The third-order valence-electron chi connectivity index (χ3n) is 3.46. The van der Waals surface area contributed by atoms with Crippen LogP contribution in [0.1, 0.15) is 10.4 Å². The molecule has 0 aliphatic rings. The molecular weight excluding hydrogens is 361 g/mol. The van der Waals surface area contributed by atoms with Crippen LogP contribution in [0, 0.1) is 5.82 Å². The zero-order chi connectivity index (χ0) is 17.8. The van der Waals surface area contributed by atoms with Crippen molar-refractivity contribution < 1.29 is 9.18 Å². The van der Waals surface area contributed by atoms with Gasteiger partial charge in [-0.25, -0.2) is 4.39 Å². The number of carbonyl (C=O) groups is 1. The maximum absolute atomic E-state index is 12.9. The molecule has 0 saturated carbocycles. The second-order valence-corrected chi connectivity index (χ2v) is 6.47. The normalized spacial score (nSPS) is 11.2. The Morgan fingerprint density at radius 1 is 1.12 bits per heavy atom. The summed E-state index contributed by atoms with van der Waals surface area (Å²) in [4.78, 5) is 12.0. The summed E-state index contributed by atoms with van der Waals surface area (Å²) in [5, 5.41) is 11.2. The van der Waals surface area contributed by atoms with Crippen molar-refractivity contribution in [1.82, 2.24) is 14.8 Å². The molecule has 3 rings (SSSR count). The molecule has 3 aromatic rings. The number of hydrogen-bond acceptors (Lipinski definition) is 4. The third kappa shape index (κ3) is 4.15. The Labute approximate surface area is 153 Å². The van der Waals surface area contributed by atoms with Gasteiger partial charge < -0.3 is 4.57 Å². The molecule has 0 N–H and O–H groups in total. The van der Waals surface area contributed by atoms with Crippen LogP contribution in [0.3, 0.4) is 0 Å². The van der Waals surface area contributed by atoms with E-state index in [-0.39, 0.29) is 11.6 Å². The summed E-state index contributed by atoms with van der Waals surface area (Å²) in [6.45, 7) is 0. The van der Waals surface area contributed by atoms with Gasteiger partial charge in [-0.15, -0.1) is 10.2 Å². The number of rotatable bonds is 5. The highest BCUT2D eigenvalue weighted by Gasteiger charge is 2.10. The van der Waals surface area contributed by atoms with Gasteiger partial charge in [-0.3, -0.25) is 4.79 Å². The van der Waals surface area contributed by atoms with Crippen LogP contribution in [0.4, 0.5) is 4.39 Å². The molecule has 0 spiro atoms. The average Bonchev–Trinajstić information content (AvgIpc) is 2.97. The summed E-state index contributed by atoms with van der Waals surface area (Å²) in [5.74, 6) is 0.133. The number of thioether (sulfide) groups is 1. The van der Waals surface area contributed by atoms with Crippen molar-refractivity contribution in [3.63, 3.8) is 0 Å². The first-order valence-electron chi connectivity index (χ1n) is 7.33. The second kappa shape index (κ2) is 7.63. The first-order valence-corrected chi connectivity index (χ1v) is 8.59. The zero-order valence-corrected chi connectivity index (χ0v) is 14.8.